The first-order valence-corrected chi connectivity index (χ1v) is 12.0. The second kappa shape index (κ2) is 11.7. The van der Waals surface area contributed by atoms with E-state index in [9.17, 15) is 18.0 Å². The number of nitrogens with one attached hydrogen (secondary N) is 1. The average molecular weight is 522 g/mol. The molecule has 4 aromatic rings. The van der Waals surface area contributed by atoms with Gasteiger partial charge in [-0.05, 0) is 47.2 Å². The summed E-state index contributed by atoms with van der Waals surface area (Å²) in [7, 11) is 0. The average Bonchev–Trinajstić information content (AvgIpc) is 3.38. The van der Waals surface area contributed by atoms with E-state index >= 15 is 0 Å². The third-order valence-corrected chi connectivity index (χ3v) is 5.72. The van der Waals surface area contributed by atoms with Crippen LogP contribution in [0.15, 0.2) is 84.3 Å². The van der Waals surface area contributed by atoms with Crippen molar-refractivity contribution < 1.29 is 22.8 Å². The summed E-state index contributed by atoms with van der Waals surface area (Å²) in [6.45, 7) is 4.08. The Morgan fingerprint density at radius 2 is 1.76 bits per heavy atom. The van der Waals surface area contributed by atoms with Crippen molar-refractivity contribution in [2.75, 3.05) is 5.32 Å². The molecule has 0 saturated carbocycles. The number of aromatic nitrogens is 3. The minimum Gasteiger partial charge on any atom is -0.298 e. The van der Waals surface area contributed by atoms with Crippen LogP contribution >= 0.6 is 0 Å². The van der Waals surface area contributed by atoms with Crippen LogP contribution in [0.4, 0.5) is 23.7 Å². The Labute approximate surface area is 218 Å². The van der Waals surface area contributed by atoms with Crippen molar-refractivity contribution in [1.29, 1.82) is 0 Å². The van der Waals surface area contributed by atoms with Crippen LogP contribution < -0.4 is 5.32 Å². The number of anilines is 1. The molecule has 0 atom stereocenters. The quantitative estimate of drug-likeness (QED) is 0.152. The number of halogens is 3. The van der Waals surface area contributed by atoms with Gasteiger partial charge in [0.2, 0.25) is 0 Å². The Morgan fingerprint density at radius 1 is 1.05 bits per heavy atom. The van der Waals surface area contributed by atoms with Crippen LogP contribution in [-0.2, 0) is 11.3 Å². The first-order chi connectivity index (χ1) is 18.2. The fourth-order valence-corrected chi connectivity index (χ4v) is 3.72. The van der Waals surface area contributed by atoms with Gasteiger partial charge in [0, 0.05) is 17.7 Å². The highest BCUT2D eigenvalue weighted by molar-refractivity contribution is 5.87. The molecule has 0 saturated heterocycles. The van der Waals surface area contributed by atoms with E-state index in [4.69, 9.17) is 4.84 Å². The van der Waals surface area contributed by atoms with Crippen LogP contribution in [0.5, 0.6) is 0 Å². The number of hydrogen-bond acceptors (Lipinski definition) is 5. The summed E-state index contributed by atoms with van der Waals surface area (Å²) < 4.78 is 38.8. The van der Waals surface area contributed by atoms with Crippen molar-refractivity contribution >= 4 is 18.0 Å². The number of amides is 1. The highest BCUT2D eigenvalue weighted by atomic mass is 19.4. The Balaban J connectivity index is 1.33. The molecule has 196 valence electrons. The third-order valence-electron chi connectivity index (χ3n) is 5.72. The Hall–Kier alpha value is -4.47. The summed E-state index contributed by atoms with van der Waals surface area (Å²) >= 11 is 0. The van der Waals surface area contributed by atoms with Gasteiger partial charge in [-0.15, -0.1) is 5.10 Å². The number of para-hydroxylation sites is 1. The zero-order valence-electron chi connectivity index (χ0n) is 20.8. The first-order valence-electron chi connectivity index (χ1n) is 12.0. The molecule has 0 radical (unpaired) electrons. The minimum absolute atomic E-state index is 0.0656. The van der Waals surface area contributed by atoms with Crippen LogP contribution in [0.3, 0.4) is 0 Å². The predicted octanol–water partition coefficient (Wildman–Crippen LogP) is 7.14. The maximum atomic E-state index is 12.4. The zero-order chi connectivity index (χ0) is 27.1. The van der Waals surface area contributed by atoms with Gasteiger partial charge in [-0.25, -0.2) is 14.5 Å². The molecule has 1 aromatic heterocycles. The molecule has 0 aliphatic heterocycles. The van der Waals surface area contributed by atoms with E-state index in [0.29, 0.717) is 28.3 Å². The molecule has 1 heterocycles. The van der Waals surface area contributed by atoms with Gasteiger partial charge in [-0.2, -0.15) is 13.2 Å². The van der Waals surface area contributed by atoms with Gasteiger partial charge in [0.1, 0.15) is 6.33 Å². The standard InChI is InChI=1S/C28H26F3N5O2/c1-19(2)24-5-3-4-6-25(24)34-27(37)38-33-17-21-7-11-22(12-8-21)26-32-18-36(35-26)23-13-9-20(10-14-23)15-16-28(29,30)31/h3-14,17-19H,15-16H2,1-2H3,(H,34,37)/b33-17-. The Kier molecular flexibility index (Phi) is 8.20. The summed E-state index contributed by atoms with van der Waals surface area (Å²) in [5, 5.41) is 10.9. The normalized spacial score (nSPS) is 11.7. The summed E-state index contributed by atoms with van der Waals surface area (Å²) in [6.07, 6.45) is -2.82. The van der Waals surface area contributed by atoms with Crippen molar-refractivity contribution in [3.63, 3.8) is 0 Å². The largest absolute Gasteiger partial charge is 0.437 e. The number of rotatable bonds is 8. The highest BCUT2D eigenvalue weighted by Crippen LogP contribution is 2.24. The lowest BCUT2D eigenvalue weighted by atomic mass is 10.0. The predicted molar refractivity (Wildman–Crippen MR) is 139 cm³/mol. The molecule has 4 rings (SSSR count). The van der Waals surface area contributed by atoms with E-state index in [1.54, 1.807) is 59.5 Å². The number of alkyl halides is 3. The fraction of sp³-hybridized carbons (Fsp3) is 0.214. The number of aryl methyl sites for hydroxylation is 1. The molecular weight excluding hydrogens is 495 g/mol. The maximum Gasteiger partial charge on any atom is 0.437 e. The number of oxime groups is 1. The molecule has 1 amide bonds. The molecule has 7 nitrogen and oxygen atoms in total. The third kappa shape index (κ3) is 7.28. The number of hydrogen-bond donors (Lipinski definition) is 1. The molecule has 3 aromatic carbocycles. The van der Waals surface area contributed by atoms with Gasteiger partial charge in [0.15, 0.2) is 5.82 Å². The second-order valence-corrected chi connectivity index (χ2v) is 8.90. The number of carbonyl (C=O) groups is 1. The summed E-state index contributed by atoms with van der Waals surface area (Å²) in [5.41, 5.74) is 4.43. The van der Waals surface area contributed by atoms with E-state index in [2.05, 4.69) is 20.6 Å². The van der Waals surface area contributed by atoms with Gasteiger partial charge in [0.05, 0.1) is 11.9 Å². The summed E-state index contributed by atoms with van der Waals surface area (Å²) in [6, 6.07) is 21.4. The smallest absolute Gasteiger partial charge is 0.298 e. The molecule has 38 heavy (non-hydrogen) atoms. The lowest BCUT2D eigenvalue weighted by molar-refractivity contribution is -0.134. The van der Waals surface area contributed by atoms with E-state index in [1.165, 1.54) is 6.21 Å². The van der Waals surface area contributed by atoms with Gasteiger partial charge >= 0.3 is 12.3 Å². The maximum absolute atomic E-state index is 12.4. The van der Waals surface area contributed by atoms with E-state index < -0.39 is 18.7 Å². The second-order valence-electron chi connectivity index (χ2n) is 8.90. The highest BCUT2D eigenvalue weighted by Gasteiger charge is 2.26. The van der Waals surface area contributed by atoms with Crippen molar-refractivity contribution in [3.05, 3.63) is 95.8 Å². The summed E-state index contributed by atoms with van der Waals surface area (Å²) in [4.78, 5) is 21.4. The molecule has 0 spiro atoms. The zero-order valence-corrected chi connectivity index (χ0v) is 20.8. The van der Waals surface area contributed by atoms with Crippen LogP contribution in [0.2, 0.25) is 0 Å². The number of benzene rings is 3. The van der Waals surface area contributed by atoms with Crippen molar-refractivity contribution in [3.8, 4) is 17.1 Å². The lowest BCUT2D eigenvalue weighted by Gasteiger charge is -2.12. The number of nitrogens with zero attached hydrogens (tertiary/aromatic N) is 4. The van der Waals surface area contributed by atoms with Crippen molar-refractivity contribution in [2.45, 2.75) is 38.8 Å². The number of carbonyl (C=O) groups excluding carboxylic acids is 1. The first kappa shape index (κ1) is 26.6. The van der Waals surface area contributed by atoms with E-state index in [1.807, 2.05) is 38.1 Å². The molecule has 0 unspecified atom stereocenters. The Bertz CT molecular complexity index is 1400. The van der Waals surface area contributed by atoms with E-state index in [-0.39, 0.29) is 12.3 Å². The lowest BCUT2D eigenvalue weighted by Crippen LogP contribution is -2.12. The topological polar surface area (TPSA) is 81.4 Å². The van der Waals surface area contributed by atoms with Crippen LogP contribution in [0, 0.1) is 0 Å². The SMILES string of the molecule is CC(C)c1ccccc1NC(=O)O/N=C\c1ccc(-c2ncn(-c3ccc(CCC(F)(F)F)cc3)n2)cc1. The molecular formula is C28H26F3N5O2. The molecule has 0 fully saturated rings. The Morgan fingerprint density at radius 3 is 2.45 bits per heavy atom. The van der Waals surface area contributed by atoms with Crippen LogP contribution in [0.25, 0.3) is 17.1 Å². The van der Waals surface area contributed by atoms with Crippen molar-refractivity contribution in [2.24, 2.45) is 5.16 Å². The summed E-state index contributed by atoms with van der Waals surface area (Å²) in [5.74, 6) is 0.723. The van der Waals surface area contributed by atoms with Crippen LogP contribution in [0.1, 0.15) is 42.9 Å². The molecule has 0 bridgehead atoms. The van der Waals surface area contributed by atoms with Gasteiger partial charge in [0.25, 0.3) is 0 Å². The van der Waals surface area contributed by atoms with Crippen molar-refractivity contribution in [1.82, 2.24) is 14.8 Å². The van der Waals surface area contributed by atoms with Gasteiger partial charge in [-0.1, -0.05) is 73.6 Å². The fourth-order valence-electron chi connectivity index (χ4n) is 3.72. The molecule has 0 aliphatic carbocycles. The van der Waals surface area contributed by atoms with Gasteiger partial charge < -0.3 is 0 Å². The van der Waals surface area contributed by atoms with E-state index in [0.717, 1.165) is 11.1 Å². The molecule has 10 heteroatoms. The van der Waals surface area contributed by atoms with Gasteiger partial charge in [-0.3, -0.25) is 10.2 Å². The minimum atomic E-state index is -4.18. The molecule has 0 aliphatic rings. The molecule has 1 N–H and O–H groups in total. The van der Waals surface area contributed by atoms with Crippen LogP contribution in [-0.4, -0.2) is 33.2 Å². The monoisotopic (exact) mass is 521 g/mol.